The topological polar surface area (TPSA) is 59.1 Å². The summed E-state index contributed by atoms with van der Waals surface area (Å²) in [6.45, 7) is 0. The second kappa shape index (κ2) is 5.54. The van der Waals surface area contributed by atoms with Gasteiger partial charge in [0.15, 0.2) is 0 Å². The second-order valence-electron chi connectivity index (χ2n) is 3.81. The smallest absolute Gasteiger partial charge is 0.264 e. The fourth-order valence-corrected chi connectivity index (χ4v) is 2.94. The van der Waals surface area contributed by atoms with Crippen LogP contribution in [0.1, 0.15) is 10.4 Å². The van der Waals surface area contributed by atoms with Crippen LogP contribution in [0.4, 0.5) is 0 Å². The number of amides is 1. The van der Waals surface area contributed by atoms with Crippen molar-refractivity contribution in [1.82, 2.24) is 9.71 Å². The molecule has 19 heavy (non-hydrogen) atoms. The molecule has 2 aromatic rings. The van der Waals surface area contributed by atoms with Crippen LogP contribution < -0.4 is 4.72 Å². The normalized spacial score (nSPS) is 13.5. The zero-order chi connectivity index (χ0) is 13.9. The van der Waals surface area contributed by atoms with Crippen molar-refractivity contribution in [2.75, 3.05) is 0 Å². The fourth-order valence-electron chi connectivity index (χ4n) is 1.44. The number of hydrogen-bond donors (Lipinski definition) is 1. The number of nitrogens with zero attached hydrogens (tertiary/aromatic N) is 1. The van der Waals surface area contributed by atoms with E-state index in [0.29, 0.717) is 14.9 Å². The first-order valence-electron chi connectivity index (χ1n) is 5.34. The van der Waals surface area contributed by atoms with Crippen LogP contribution in [0, 0.1) is 0 Å². The molecule has 2 rings (SSSR count). The van der Waals surface area contributed by atoms with E-state index in [9.17, 15) is 9.00 Å². The van der Waals surface area contributed by atoms with E-state index in [-0.39, 0.29) is 0 Å². The summed E-state index contributed by atoms with van der Waals surface area (Å²) in [5, 5.41) is 0. The standard InChI is InChI=1S/C13H11BrN2O2S/c1-19(18,12-5-3-2-4-6-12)16-13(17)10-7-11(14)9-15-8-10/h2-9H,1H2,(H,16,17,18). The third-order valence-corrected chi connectivity index (χ3v) is 4.33. The summed E-state index contributed by atoms with van der Waals surface area (Å²) < 4.78 is 15.5. The molecule has 1 aromatic carbocycles. The highest BCUT2D eigenvalue weighted by atomic mass is 79.9. The minimum Gasteiger partial charge on any atom is -0.275 e. The van der Waals surface area contributed by atoms with Gasteiger partial charge in [-0.1, -0.05) is 18.2 Å². The SMILES string of the molecule is C=S(=O)(NC(=O)c1cncc(Br)c1)c1ccccc1. The second-order valence-corrected chi connectivity index (χ2v) is 6.75. The van der Waals surface area contributed by atoms with Crippen LogP contribution in [-0.4, -0.2) is 21.0 Å². The summed E-state index contributed by atoms with van der Waals surface area (Å²) >= 11 is 3.23. The molecular formula is C13H11BrN2O2S. The van der Waals surface area contributed by atoms with Gasteiger partial charge in [0.05, 0.1) is 15.3 Å². The molecule has 0 radical (unpaired) electrons. The number of benzene rings is 1. The first-order chi connectivity index (χ1) is 8.99. The van der Waals surface area contributed by atoms with Gasteiger partial charge in [0.1, 0.15) is 0 Å². The average molecular weight is 339 g/mol. The largest absolute Gasteiger partial charge is 0.275 e. The predicted molar refractivity (Wildman–Crippen MR) is 79.4 cm³/mol. The van der Waals surface area contributed by atoms with E-state index in [1.807, 2.05) is 0 Å². The lowest BCUT2D eigenvalue weighted by atomic mass is 10.3. The quantitative estimate of drug-likeness (QED) is 0.873. The molecule has 0 aliphatic rings. The molecule has 0 saturated heterocycles. The molecule has 0 spiro atoms. The lowest BCUT2D eigenvalue weighted by Crippen LogP contribution is -2.30. The number of rotatable bonds is 3. The molecule has 4 nitrogen and oxygen atoms in total. The molecule has 1 amide bonds. The number of hydrogen-bond acceptors (Lipinski definition) is 3. The Bertz CT molecular complexity index is 700. The van der Waals surface area contributed by atoms with Gasteiger partial charge in [0.25, 0.3) is 5.91 Å². The van der Waals surface area contributed by atoms with Crippen molar-refractivity contribution in [2.24, 2.45) is 0 Å². The van der Waals surface area contributed by atoms with Crippen molar-refractivity contribution in [1.29, 1.82) is 0 Å². The third kappa shape index (κ3) is 3.42. The molecule has 6 heteroatoms. The zero-order valence-corrected chi connectivity index (χ0v) is 12.3. The highest BCUT2D eigenvalue weighted by Crippen LogP contribution is 2.11. The van der Waals surface area contributed by atoms with Gasteiger partial charge in [-0.25, -0.2) is 4.21 Å². The van der Waals surface area contributed by atoms with Crippen molar-refractivity contribution in [3.63, 3.8) is 0 Å². The molecule has 0 bridgehead atoms. The van der Waals surface area contributed by atoms with Gasteiger partial charge < -0.3 is 0 Å². The first kappa shape index (κ1) is 13.8. The molecule has 0 saturated carbocycles. The predicted octanol–water partition coefficient (Wildman–Crippen LogP) is 2.26. The molecule has 1 N–H and O–H groups in total. The number of aromatic nitrogens is 1. The molecule has 1 unspecified atom stereocenters. The maximum Gasteiger partial charge on any atom is 0.264 e. The van der Waals surface area contributed by atoms with Gasteiger partial charge in [-0.2, -0.15) is 0 Å². The lowest BCUT2D eigenvalue weighted by molar-refractivity contribution is 0.0982. The Morgan fingerprint density at radius 2 is 1.95 bits per heavy atom. The van der Waals surface area contributed by atoms with Gasteiger partial charge in [-0.05, 0) is 40.0 Å². The maximum atomic E-state index is 12.4. The maximum absolute atomic E-state index is 12.4. The highest BCUT2D eigenvalue weighted by Gasteiger charge is 2.13. The first-order valence-corrected chi connectivity index (χ1v) is 7.86. The van der Waals surface area contributed by atoms with Gasteiger partial charge in [-0.3, -0.25) is 14.5 Å². The number of nitrogens with one attached hydrogen (secondary N) is 1. The molecule has 0 fully saturated rings. The van der Waals surface area contributed by atoms with E-state index in [2.05, 4.69) is 31.5 Å². The Hall–Kier alpha value is -1.66. The fraction of sp³-hybridized carbons (Fsp3) is 0. The number of pyridine rings is 1. The van der Waals surface area contributed by atoms with Crippen LogP contribution in [0.5, 0.6) is 0 Å². The highest BCUT2D eigenvalue weighted by molar-refractivity contribution is 9.10. The number of carbonyl (C=O) groups is 1. The molecule has 0 aliphatic carbocycles. The number of carbonyl (C=O) groups excluding carboxylic acids is 1. The summed E-state index contributed by atoms with van der Waals surface area (Å²) in [5.41, 5.74) is 0.321. The molecule has 1 heterocycles. The van der Waals surface area contributed by atoms with Crippen LogP contribution >= 0.6 is 15.9 Å². The molecule has 1 atom stereocenters. The van der Waals surface area contributed by atoms with E-state index in [0.717, 1.165) is 0 Å². The Morgan fingerprint density at radius 3 is 2.58 bits per heavy atom. The Morgan fingerprint density at radius 1 is 1.26 bits per heavy atom. The van der Waals surface area contributed by atoms with Gasteiger partial charge in [0.2, 0.25) is 0 Å². The van der Waals surface area contributed by atoms with E-state index < -0.39 is 15.6 Å². The lowest BCUT2D eigenvalue weighted by Gasteiger charge is -2.11. The minimum atomic E-state index is -2.86. The van der Waals surface area contributed by atoms with E-state index in [1.54, 1.807) is 42.6 Å². The minimum absolute atomic E-state index is 0.321. The molecular weight excluding hydrogens is 328 g/mol. The van der Waals surface area contributed by atoms with Crippen molar-refractivity contribution in [2.45, 2.75) is 4.90 Å². The van der Waals surface area contributed by atoms with Crippen LogP contribution in [0.3, 0.4) is 0 Å². The van der Waals surface area contributed by atoms with Crippen molar-refractivity contribution in [3.8, 4) is 0 Å². The van der Waals surface area contributed by atoms with Crippen LogP contribution in [0.15, 0.2) is 58.2 Å². The zero-order valence-electron chi connectivity index (χ0n) is 9.88. The van der Waals surface area contributed by atoms with E-state index in [1.165, 1.54) is 6.20 Å². The van der Waals surface area contributed by atoms with Crippen molar-refractivity contribution in [3.05, 3.63) is 58.8 Å². The summed E-state index contributed by atoms with van der Waals surface area (Å²) in [7, 11) is -2.86. The average Bonchev–Trinajstić information content (AvgIpc) is 2.39. The summed E-state index contributed by atoms with van der Waals surface area (Å²) in [6, 6.07) is 10.2. The Balaban J connectivity index is 2.24. The molecule has 0 aliphatic heterocycles. The van der Waals surface area contributed by atoms with Crippen LogP contribution in [-0.2, 0) is 9.71 Å². The van der Waals surface area contributed by atoms with Crippen LogP contribution in [0.2, 0.25) is 0 Å². The molecule has 1 aromatic heterocycles. The molecule has 98 valence electrons. The van der Waals surface area contributed by atoms with Gasteiger partial charge in [0, 0.05) is 21.8 Å². The summed E-state index contributed by atoms with van der Waals surface area (Å²) in [4.78, 5) is 16.4. The van der Waals surface area contributed by atoms with Crippen molar-refractivity contribution < 1.29 is 9.00 Å². The van der Waals surface area contributed by atoms with Crippen LogP contribution in [0.25, 0.3) is 0 Å². The van der Waals surface area contributed by atoms with Gasteiger partial charge >= 0.3 is 0 Å². The summed E-state index contributed by atoms with van der Waals surface area (Å²) in [5.74, 6) is 3.12. The van der Waals surface area contributed by atoms with E-state index in [4.69, 9.17) is 0 Å². The monoisotopic (exact) mass is 338 g/mol. The Labute approximate surface area is 120 Å². The summed E-state index contributed by atoms with van der Waals surface area (Å²) in [6.07, 6.45) is 2.97. The third-order valence-electron chi connectivity index (χ3n) is 2.35. The van der Waals surface area contributed by atoms with Crippen molar-refractivity contribution >= 4 is 37.4 Å². The van der Waals surface area contributed by atoms with E-state index >= 15 is 0 Å². The Kier molecular flexibility index (Phi) is 4.01. The number of halogens is 1. The van der Waals surface area contributed by atoms with Gasteiger partial charge in [-0.15, -0.1) is 0 Å².